The lowest BCUT2D eigenvalue weighted by Gasteiger charge is -2.13. The molecule has 0 aliphatic heterocycles. The van der Waals surface area contributed by atoms with Crippen molar-refractivity contribution < 1.29 is 4.92 Å². The number of guanidine groups is 1. The van der Waals surface area contributed by atoms with Crippen molar-refractivity contribution in [3.63, 3.8) is 0 Å². The lowest BCUT2D eigenvalue weighted by molar-refractivity contribution is -0.384. The average molecular weight is 422 g/mol. The van der Waals surface area contributed by atoms with Crippen LogP contribution in [-0.4, -0.2) is 40.3 Å². The Morgan fingerprint density at radius 2 is 1.84 bits per heavy atom. The van der Waals surface area contributed by atoms with Crippen LogP contribution in [0.5, 0.6) is 0 Å². The molecule has 3 N–H and O–H groups in total. The molecule has 9 nitrogen and oxygen atoms in total. The molecule has 0 saturated carbocycles. The van der Waals surface area contributed by atoms with Gasteiger partial charge in [0.1, 0.15) is 0 Å². The van der Waals surface area contributed by atoms with Crippen molar-refractivity contribution in [2.75, 3.05) is 25.0 Å². The van der Waals surface area contributed by atoms with Gasteiger partial charge in [0.15, 0.2) is 5.96 Å². The molecule has 0 atom stereocenters. The van der Waals surface area contributed by atoms with E-state index < -0.39 is 4.92 Å². The van der Waals surface area contributed by atoms with Crippen molar-refractivity contribution in [1.82, 2.24) is 20.4 Å². The first-order valence-corrected chi connectivity index (χ1v) is 10.2. The van der Waals surface area contributed by atoms with Gasteiger partial charge in [0.25, 0.3) is 5.69 Å². The second-order valence-electron chi connectivity index (χ2n) is 6.83. The Balaban J connectivity index is 1.52. The molecule has 3 aromatic rings. The van der Waals surface area contributed by atoms with Crippen molar-refractivity contribution in [1.29, 1.82) is 0 Å². The molecule has 2 aromatic carbocycles. The van der Waals surface area contributed by atoms with Gasteiger partial charge in [-0.3, -0.25) is 14.8 Å². The van der Waals surface area contributed by atoms with Crippen LogP contribution in [-0.2, 0) is 13.1 Å². The molecule has 0 amide bonds. The second-order valence-corrected chi connectivity index (χ2v) is 6.83. The van der Waals surface area contributed by atoms with Gasteiger partial charge in [-0.1, -0.05) is 24.3 Å². The zero-order valence-electron chi connectivity index (χ0n) is 17.5. The summed E-state index contributed by atoms with van der Waals surface area (Å²) in [6.45, 7) is 5.36. The molecule has 0 aliphatic carbocycles. The molecular weight excluding hydrogens is 394 g/mol. The molecule has 0 fully saturated rings. The summed E-state index contributed by atoms with van der Waals surface area (Å²) in [4.78, 5) is 15.0. The zero-order chi connectivity index (χ0) is 21.9. The Morgan fingerprint density at radius 1 is 1.06 bits per heavy atom. The number of aromatic nitrogens is 2. The quantitative estimate of drug-likeness (QED) is 0.153. The van der Waals surface area contributed by atoms with Crippen molar-refractivity contribution in [3.8, 4) is 0 Å². The third-order valence-corrected chi connectivity index (χ3v) is 4.59. The molecule has 0 saturated heterocycles. The summed E-state index contributed by atoms with van der Waals surface area (Å²) >= 11 is 0. The van der Waals surface area contributed by atoms with E-state index in [9.17, 15) is 10.1 Å². The standard InChI is InChI=1S/C22H27N7O2/c1-2-23-22(25-14-13-24-20-8-10-21(11-9-20)29(30)31)26-16-18-6-3-4-7-19(18)17-28-15-5-12-27-28/h3-12,15,24H,2,13-14,16-17H2,1H3,(H2,23,25,26). The highest BCUT2D eigenvalue weighted by Gasteiger charge is 2.05. The van der Waals surface area contributed by atoms with Gasteiger partial charge < -0.3 is 16.0 Å². The maximum Gasteiger partial charge on any atom is 0.269 e. The molecule has 0 radical (unpaired) electrons. The van der Waals surface area contributed by atoms with Crippen LogP contribution in [0.25, 0.3) is 0 Å². The van der Waals surface area contributed by atoms with Crippen LogP contribution in [0.1, 0.15) is 18.1 Å². The van der Waals surface area contributed by atoms with E-state index in [2.05, 4.69) is 33.2 Å². The number of rotatable bonds is 10. The van der Waals surface area contributed by atoms with Crippen LogP contribution in [0.4, 0.5) is 11.4 Å². The highest BCUT2D eigenvalue weighted by molar-refractivity contribution is 5.79. The van der Waals surface area contributed by atoms with Gasteiger partial charge in [-0.05, 0) is 36.2 Å². The van der Waals surface area contributed by atoms with Crippen LogP contribution in [0.2, 0.25) is 0 Å². The monoisotopic (exact) mass is 421 g/mol. The zero-order valence-corrected chi connectivity index (χ0v) is 17.5. The van der Waals surface area contributed by atoms with Crippen LogP contribution in [0, 0.1) is 10.1 Å². The summed E-state index contributed by atoms with van der Waals surface area (Å²) in [5.74, 6) is 0.738. The Labute approximate surface area is 181 Å². The maximum atomic E-state index is 10.7. The Morgan fingerprint density at radius 3 is 2.52 bits per heavy atom. The van der Waals surface area contributed by atoms with Crippen LogP contribution in [0.15, 0.2) is 72.0 Å². The van der Waals surface area contributed by atoms with E-state index in [0.717, 1.165) is 23.8 Å². The normalized spacial score (nSPS) is 11.2. The summed E-state index contributed by atoms with van der Waals surface area (Å²) in [6.07, 6.45) is 3.72. The van der Waals surface area contributed by atoms with E-state index in [4.69, 9.17) is 4.99 Å². The highest BCUT2D eigenvalue weighted by Crippen LogP contribution is 2.15. The Bertz CT molecular complexity index is 985. The van der Waals surface area contributed by atoms with Crippen molar-refractivity contribution >= 4 is 17.3 Å². The Kier molecular flexibility index (Phi) is 7.98. The minimum atomic E-state index is -0.405. The summed E-state index contributed by atoms with van der Waals surface area (Å²) in [7, 11) is 0. The predicted molar refractivity (Wildman–Crippen MR) is 122 cm³/mol. The third kappa shape index (κ3) is 6.84. The third-order valence-electron chi connectivity index (χ3n) is 4.59. The fraction of sp³-hybridized carbons (Fsp3) is 0.273. The number of hydrogen-bond donors (Lipinski definition) is 3. The van der Waals surface area contributed by atoms with Crippen LogP contribution >= 0.6 is 0 Å². The first kappa shape index (κ1) is 21.8. The van der Waals surface area contributed by atoms with E-state index in [0.29, 0.717) is 26.2 Å². The predicted octanol–water partition coefficient (Wildman–Crippen LogP) is 3.01. The van der Waals surface area contributed by atoms with Crippen molar-refractivity contribution in [2.24, 2.45) is 4.99 Å². The fourth-order valence-corrected chi connectivity index (χ4v) is 3.03. The topological polar surface area (TPSA) is 109 Å². The van der Waals surface area contributed by atoms with Gasteiger partial charge in [-0.25, -0.2) is 4.99 Å². The molecule has 9 heteroatoms. The first-order chi connectivity index (χ1) is 15.2. The summed E-state index contributed by atoms with van der Waals surface area (Å²) in [6, 6.07) is 16.5. The van der Waals surface area contributed by atoms with E-state index >= 15 is 0 Å². The molecule has 3 rings (SSSR count). The van der Waals surface area contributed by atoms with Crippen molar-refractivity contribution in [2.45, 2.75) is 20.0 Å². The number of nitro groups is 1. The molecule has 0 bridgehead atoms. The molecule has 31 heavy (non-hydrogen) atoms. The minimum Gasteiger partial charge on any atom is -0.383 e. The lowest BCUT2D eigenvalue weighted by Crippen LogP contribution is -2.39. The number of hydrogen-bond acceptors (Lipinski definition) is 5. The SMILES string of the molecule is CCNC(=NCc1ccccc1Cn1cccn1)NCCNc1ccc([N+](=O)[O-])cc1. The number of nitrogens with zero attached hydrogens (tertiary/aromatic N) is 4. The number of nitrogens with one attached hydrogen (secondary N) is 3. The van der Waals surface area contributed by atoms with Gasteiger partial charge in [-0.15, -0.1) is 0 Å². The average Bonchev–Trinajstić information content (AvgIpc) is 3.29. The van der Waals surface area contributed by atoms with Gasteiger partial charge in [0.05, 0.1) is 18.0 Å². The van der Waals surface area contributed by atoms with E-state index in [1.807, 2.05) is 36.0 Å². The number of non-ortho nitro benzene ring substituents is 1. The maximum absolute atomic E-state index is 10.7. The Hall–Kier alpha value is -3.88. The van der Waals surface area contributed by atoms with Crippen LogP contribution in [0.3, 0.4) is 0 Å². The largest absolute Gasteiger partial charge is 0.383 e. The lowest BCUT2D eigenvalue weighted by atomic mass is 10.1. The molecule has 1 heterocycles. The number of anilines is 1. The number of benzene rings is 2. The van der Waals surface area contributed by atoms with Gasteiger partial charge in [0, 0.05) is 49.8 Å². The molecule has 0 spiro atoms. The van der Waals surface area contributed by atoms with Gasteiger partial charge in [0.2, 0.25) is 0 Å². The van der Waals surface area contributed by atoms with Crippen molar-refractivity contribution in [3.05, 3.63) is 88.2 Å². The smallest absolute Gasteiger partial charge is 0.269 e. The number of aliphatic imine (C=N–C) groups is 1. The molecular formula is C22H27N7O2. The van der Waals surface area contributed by atoms with Gasteiger partial charge in [-0.2, -0.15) is 5.10 Å². The fourth-order valence-electron chi connectivity index (χ4n) is 3.03. The molecule has 0 aliphatic rings. The van der Waals surface area contributed by atoms with E-state index in [1.54, 1.807) is 18.3 Å². The minimum absolute atomic E-state index is 0.0816. The molecule has 0 unspecified atom stereocenters. The second kappa shape index (κ2) is 11.3. The first-order valence-electron chi connectivity index (χ1n) is 10.2. The summed E-state index contributed by atoms with van der Waals surface area (Å²) < 4.78 is 1.90. The summed E-state index contributed by atoms with van der Waals surface area (Å²) in [5.41, 5.74) is 3.25. The molecule has 1 aromatic heterocycles. The summed E-state index contributed by atoms with van der Waals surface area (Å²) in [5, 5.41) is 24.8. The highest BCUT2D eigenvalue weighted by atomic mass is 16.6. The van der Waals surface area contributed by atoms with E-state index in [-0.39, 0.29) is 5.69 Å². The molecule has 162 valence electrons. The van der Waals surface area contributed by atoms with E-state index in [1.165, 1.54) is 17.7 Å². The van der Waals surface area contributed by atoms with Gasteiger partial charge >= 0.3 is 0 Å². The van der Waals surface area contributed by atoms with Crippen LogP contribution < -0.4 is 16.0 Å². The number of nitro benzene ring substituents is 1.